The molecule has 0 spiro atoms. The summed E-state index contributed by atoms with van der Waals surface area (Å²) in [6.45, 7) is 7.85. The highest BCUT2D eigenvalue weighted by molar-refractivity contribution is 5.43. The summed E-state index contributed by atoms with van der Waals surface area (Å²) in [5.41, 5.74) is 7.92. The number of hydrogen-bond donors (Lipinski definition) is 2. The quantitative estimate of drug-likeness (QED) is 0.766. The Balaban J connectivity index is 2.54. The van der Waals surface area contributed by atoms with E-state index in [0.29, 0.717) is 6.54 Å². The predicted octanol–water partition coefficient (Wildman–Crippen LogP) is 1.79. The summed E-state index contributed by atoms with van der Waals surface area (Å²) in [5, 5.41) is 3.36. The molecule has 1 heterocycles. The molecule has 14 heavy (non-hydrogen) atoms. The zero-order valence-corrected chi connectivity index (χ0v) is 9.17. The van der Waals surface area contributed by atoms with E-state index in [1.54, 1.807) is 0 Å². The molecule has 0 saturated heterocycles. The van der Waals surface area contributed by atoms with Crippen LogP contribution in [0, 0.1) is 12.3 Å². The first-order valence-corrected chi connectivity index (χ1v) is 4.90. The number of aryl methyl sites for hydroxylation is 1. The van der Waals surface area contributed by atoms with Gasteiger partial charge in [0.2, 0.25) is 0 Å². The molecular formula is C11H19N3. The third-order valence-corrected chi connectivity index (χ3v) is 2.22. The zero-order chi connectivity index (χ0) is 10.6. The van der Waals surface area contributed by atoms with Crippen LogP contribution in [0.4, 0.5) is 5.69 Å². The Bertz CT molecular complexity index is 294. The number of pyridine rings is 1. The summed E-state index contributed by atoms with van der Waals surface area (Å²) in [4.78, 5) is 4.14. The first-order chi connectivity index (χ1) is 6.53. The van der Waals surface area contributed by atoms with Crippen molar-refractivity contribution in [1.82, 2.24) is 4.98 Å². The number of rotatable bonds is 4. The van der Waals surface area contributed by atoms with Gasteiger partial charge in [-0.05, 0) is 31.0 Å². The van der Waals surface area contributed by atoms with Gasteiger partial charge in [-0.15, -0.1) is 0 Å². The second-order valence-corrected chi connectivity index (χ2v) is 4.41. The highest BCUT2D eigenvalue weighted by Gasteiger charge is 2.14. The van der Waals surface area contributed by atoms with Crippen molar-refractivity contribution in [3.63, 3.8) is 0 Å². The summed E-state index contributed by atoms with van der Waals surface area (Å²) in [5.74, 6) is 0. The number of aromatic nitrogens is 1. The maximum Gasteiger partial charge on any atom is 0.0393 e. The molecule has 0 radical (unpaired) electrons. The van der Waals surface area contributed by atoms with E-state index in [9.17, 15) is 0 Å². The van der Waals surface area contributed by atoms with Crippen LogP contribution in [0.25, 0.3) is 0 Å². The van der Waals surface area contributed by atoms with Crippen molar-refractivity contribution in [3.8, 4) is 0 Å². The fraction of sp³-hybridized carbons (Fsp3) is 0.545. The van der Waals surface area contributed by atoms with Crippen molar-refractivity contribution in [3.05, 3.63) is 24.0 Å². The Morgan fingerprint density at radius 2 is 2.21 bits per heavy atom. The van der Waals surface area contributed by atoms with E-state index >= 15 is 0 Å². The second-order valence-electron chi connectivity index (χ2n) is 4.41. The van der Waals surface area contributed by atoms with Gasteiger partial charge >= 0.3 is 0 Å². The lowest BCUT2D eigenvalue weighted by molar-refractivity contribution is 0.405. The number of nitrogens with two attached hydrogens (primary N) is 1. The standard InChI is InChI=1S/C11H19N3/c1-9-6-10(4-5-13-9)14-8-11(2,3)7-12/h4-6H,7-8,12H2,1-3H3,(H,13,14). The molecule has 0 atom stereocenters. The van der Waals surface area contributed by atoms with Crippen molar-refractivity contribution in [2.45, 2.75) is 20.8 Å². The molecule has 0 unspecified atom stereocenters. The third kappa shape index (κ3) is 3.34. The van der Waals surface area contributed by atoms with Crippen molar-refractivity contribution in [1.29, 1.82) is 0 Å². The van der Waals surface area contributed by atoms with E-state index in [-0.39, 0.29) is 5.41 Å². The lowest BCUT2D eigenvalue weighted by Crippen LogP contribution is -2.31. The summed E-state index contributed by atoms with van der Waals surface area (Å²) < 4.78 is 0. The minimum atomic E-state index is 0.136. The van der Waals surface area contributed by atoms with Gasteiger partial charge in [0.25, 0.3) is 0 Å². The van der Waals surface area contributed by atoms with Crippen molar-refractivity contribution >= 4 is 5.69 Å². The number of anilines is 1. The van der Waals surface area contributed by atoms with Crippen LogP contribution in [-0.2, 0) is 0 Å². The molecule has 0 aliphatic carbocycles. The highest BCUT2D eigenvalue weighted by atomic mass is 14.9. The summed E-state index contributed by atoms with van der Waals surface area (Å²) in [6, 6.07) is 4.01. The molecule has 3 heteroatoms. The van der Waals surface area contributed by atoms with E-state index in [1.807, 2.05) is 25.3 Å². The highest BCUT2D eigenvalue weighted by Crippen LogP contribution is 2.15. The Hall–Kier alpha value is -1.09. The Kier molecular flexibility index (Phi) is 3.47. The van der Waals surface area contributed by atoms with Crippen LogP contribution in [0.5, 0.6) is 0 Å². The van der Waals surface area contributed by atoms with Crippen molar-refractivity contribution in [2.75, 3.05) is 18.4 Å². The molecule has 0 fully saturated rings. The molecule has 78 valence electrons. The maximum atomic E-state index is 5.65. The van der Waals surface area contributed by atoms with Crippen LogP contribution in [-0.4, -0.2) is 18.1 Å². The van der Waals surface area contributed by atoms with Gasteiger partial charge in [0.05, 0.1) is 0 Å². The lowest BCUT2D eigenvalue weighted by Gasteiger charge is -2.23. The fourth-order valence-corrected chi connectivity index (χ4v) is 1.07. The molecule has 3 N–H and O–H groups in total. The van der Waals surface area contributed by atoms with Gasteiger partial charge in [0, 0.05) is 24.1 Å². The average Bonchev–Trinajstić information content (AvgIpc) is 2.15. The Morgan fingerprint density at radius 1 is 1.50 bits per heavy atom. The molecule has 0 aliphatic heterocycles. The Morgan fingerprint density at radius 3 is 2.79 bits per heavy atom. The zero-order valence-electron chi connectivity index (χ0n) is 9.17. The maximum absolute atomic E-state index is 5.65. The Labute approximate surface area is 85.7 Å². The van der Waals surface area contributed by atoms with Gasteiger partial charge in [-0.3, -0.25) is 4.98 Å². The molecule has 1 rings (SSSR count). The van der Waals surface area contributed by atoms with Crippen LogP contribution in [0.3, 0.4) is 0 Å². The van der Waals surface area contributed by atoms with Crippen LogP contribution in [0.15, 0.2) is 18.3 Å². The molecular weight excluding hydrogens is 174 g/mol. The smallest absolute Gasteiger partial charge is 0.0393 e. The van der Waals surface area contributed by atoms with E-state index in [2.05, 4.69) is 24.1 Å². The molecule has 0 amide bonds. The third-order valence-electron chi connectivity index (χ3n) is 2.22. The molecule has 0 saturated carbocycles. The van der Waals surface area contributed by atoms with Crippen LogP contribution in [0.2, 0.25) is 0 Å². The lowest BCUT2D eigenvalue weighted by atomic mass is 9.94. The van der Waals surface area contributed by atoms with Gasteiger partial charge in [0.1, 0.15) is 0 Å². The predicted molar refractivity (Wildman–Crippen MR) is 60.3 cm³/mol. The van der Waals surface area contributed by atoms with E-state index in [0.717, 1.165) is 17.9 Å². The minimum absolute atomic E-state index is 0.136. The van der Waals surface area contributed by atoms with Gasteiger partial charge in [0.15, 0.2) is 0 Å². The van der Waals surface area contributed by atoms with Gasteiger partial charge in [-0.1, -0.05) is 13.8 Å². The molecule has 1 aromatic rings. The van der Waals surface area contributed by atoms with Gasteiger partial charge < -0.3 is 11.1 Å². The van der Waals surface area contributed by atoms with Crippen LogP contribution < -0.4 is 11.1 Å². The monoisotopic (exact) mass is 193 g/mol. The molecule has 1 aromatic heterocycles. The fourth-order valence-electron chi connectivity index (χ4n) is 1.07. The van der Waals surface area contributed by atoms with E-state index < -0.39 is 0 Å². The largest absolute Gasteiger partial charge is 0.384 e. The van der Waals surface area contributed by atoms with Gasteiger partial charge in [-0.2, -0.15) is 0 Å². The SMILES string of the molecule is Cc1cc(NCC(C)(C)CN)ccn1. The molecule has 0 aromatic carbocycles. The van der Waals surface area contributed by atoms with Crippen molar-refractivity contribution < 1.29 is 0 Å². The summed E-state index contributed by atoms with van der Waals surface area (Å²) in [7, 11) is 0. The second kappa shape index (κ2) is 4.42. The van der Waals surface area contributed by atoms with Gasteiger partial charge in [-0.25, -0.2) is 0 Å². The first kappa shape index (κ1) is 11.0. The van der Waals surface area contributed by atoms with Crippen molar-refractivity contribution in [2.24, 2.45) is 11.1 Å². The normalized spacial score (nSPS) is 11.4. The van der Waals surface area contributed by atoms with Crippen LogP contribution >= 0.6 is 0 Å². The molecule has 0 aliphatic rings. The molecule has 3 nitrogen and oxygen atoms in total. The van der Waals surface area contributed by atoms with E-state index in [1.165, 1.54) is 0 Å². The minimum Gasteiger partial charge on any atom is -0.384 e. The first-order valence-electron chi connectivity index (χ1n) is 4.90. The summed E-state index contributed by atoms with van der Waals surface area (Å²) >= 11 is 0. The number of hydrogen-bond acceptors (Lipinski definition) is 3. The topological polar surface area (TPSA) is 50.9 Å². The van der Waals surface area contributed by atoms with Crippen LogP contribution in [0.1, 0.15) is 19.5 Å². The van der Waals surface area contributed by atoms with E-state index in [4.69, 9.17) is 5.73 Å². The number of nitrogens with one attached hydrogen (secondary N) is 1. The molecule has 0 bridgehead atoms. The number of nitrogens with zero attached hydrogens (tertiary/aromatic N) is 1. The summed E-state index contributed by atoms with van der Waals surface area (Å²) in [6.07, 6.45) is 1.81. The average molecular weight is 193 g/mol.